The van der Waals surface area contributed by atoms with Gasteiger partial charge >= 0.3 is 0 Å². The molecule has 180 valence electrons. The van der Waals surface area contributed by atoms with Gasteiger partial charge in [-0.2, -0.15) is 0 Å². The Morgan fingerprint density at radius 2 is 1.91 bits per heavy atom. The first-order chi connectivity index (χ1) is 16.9. The van der Waals surface area contributed by atoms with Crippen LogP contribution in [-0.2, 0) is 15.3 Å². The quantitative estimate of drug-likeness (QED) is 0.153. The van der Waals surface area contributed by atoms with Crippen LogP contribution in [0.25, 0.3) is 6.08 Å². The average Bonchev–Trinajstić information content (AvgIpc) is 3.39. The Balaban J connectivity index is 1.23. The van der Waals surface area contributed by atoms with E-state index in [2.05, 4.69) is 34.6 Å². The minimum absolute atomic E-state index is 0.111. The molecule has 4 rings (SSSR count). The highest BCUT2D eigenvalue weighted by atomic mass is 32.2. The Bertz CT molecular complexity index is 1270. The second-order valence-corrected chi connectivity index (χ2v) is 11.9. The molecule has 1 aliphatic rings. The Morgan fingerprint density at radius 1 is 1.14 bits per heavy atom. The largest absolute Gasteiger partial charge is 0.301 e. The topological polar surface area (TPSA) is 75.2 Å². The molecular weight excluding hydrogens is 517 g/mol. The molecular formula is C25H24N4O2S4. The highest BCUT2D eigenvalue weighted by Crippen LogP contribution is 2.33. The first-order valence-electron chi connectivity index (χ1n) is 11.0. The number of aromatic nitrogens is 2. The van der Waals surface area contributed by atoms with E-state index in [1.165, 1.54) is 39.8 Å². The van der Waals surface area contributed by atoms with Crippen molar-refractivity contribution in [2.75, 3.05) is 11.9 Å². The fraction of sp³-hybridized carbons (Fsp3) is 0.240. The maximum Gasteiger partial charge on any atom is 0.266 e. The maximum absolute atomic E-state index is 12.8. The zero-order valence-electron chi connectivity index (χ0n) is 19.3. The number of anilines is 1. The molecule has 2 aromatic carbocycles. The molecule has 0 saturated carbocycles. The molecule has 2 amide bonds. The SMILES string of the molecule is Cc1ccc(/C=C2\SC(=S)N(CCCC(=O)Nc3nnc(SCc4ccccc4C)s3)C2=O)cc1. The molecule has 3 aromatic rings. The Kier molecular flexibility index (Phi) is 8.72. The van der Waals surface area contributed by atoms with Gasteiger partial charge in [0, 0.05) is 18.7 Å². The van der Waals surface area contributed by atoms with E-state index in [0.717, 1.165) is 15.7 Å². The summed E-state index contributed by atoms with van der Waals surface area (Å²) in [6.45, 7) is 4.51. The summed E-state index contributed by atoms with van der Waals surface area (Å²) in [5.41, 5.74) is 4.62. The Labute approximate surface area is 222 Å². The lowest BCUT2D eigenvalue weighted by atomic mass is 10.1. The molecule has 1 saturated heterocycles. The van der Waals surface area contributed by atoms with Gasteiger partial charge in [0.25, 0.3) is 5.91 Å². The third-order valence-electron chi connectivity index (χ3n) is 5.30. The highest BCUT2D eigenvalue weighted by Gasteiger charge is 2.31. The van der Waals surface area contributed by atoms with Crippen LogP contribution in [0.15, 0.2) is 57.8 Å². The summed E-state index contributed by atoms with van der Waals surface area (Å²) in [6, 6.07) is 16.2. The summed E-state index contributed by atoms with van der Waals surface area (Å²) < 4.78 is 1.33. The van der Waals surface area contributed by atoms with E-state index in [9.17, 15) is 9.59 Å². The van der Waals surface area contributed by atoms with E-state index in [0.29, 0.717) is 27.3 Å². The molecule has 1 aromatic heterocycles. The number of carbonyl (C=O) groups is 2. The predicted molar refractivity (Wildman–Crippen MR) is 150 cm³/mol. The van der Waals surface area contributed by atoms with Gasteiger partial charge in [-0.05, 0) is 43.0 Å². The average molecular weight is 541 g/mol. The number of aryl methyl sites for hydroxylation is 2. The molecule has 0 unspecified atom stereocenters. The Hall–Kier alpha value is -2.53. The van der Waals surface area contributed by atoms with Crippen molar-refractivity contribution < 1.29 is 9.59 Å². The van der Waals surface area contributed by atoms with Gasteiger partial charge in [-0.25, -0.2) is 0 Å². The molecule has 1 aliphatic heterocycles. The van der Waals surface area contributed by atoms with E-state index in [1.54, 1.807) is 16.7 Å². The van der Waals surface area contributed by atoms with Gasteiger partial charge in [0.2, 0.25) is 11.0 Å². The standard InChI is InChI=1S/C25H24N4O2S4/c1-16-9-11-18(12-10-16)14-20-22(31)29(25(32)34-20)13-5-8-21(30)26-23-27-28-24(35-23)33-15-19-7-4-3-6-17(19)2/h3-4,6-7,9-12,14H,5,8,13,15H2,1-2H3,(H,26,27,30)/b20-14-. The van der Waals surface area contributed by atoms with Crippen LogP contribution in [0.5, 0.6) is 0 Å². The van der Waals surface area contributed by atoms with Crippen LogP contribution in [0.2, 0.25) is 0 Å². The van der Waals surface area contributed by atoms with Crippen molar-refractivity contribution in [3.05, 3.63) is 75.7 Å². The van der Waals surface area contributed by atoms with E-state index < -0.39 is 0 Å². The van der Waals surface area contributed by atoms with Crippen LogP contribution < -0.4 is 5.32 Å². The molecule has 35 heavy (non-hydrogen) atoms. The lowest BCUT2D eigenvalue weighted by Gasteiger charge is -2.13. The van der Waals surface area contributed by atoms with Gasteiger partial charge in [-0.3, -0.25) is 14.5 Å². The van der Waals surface area contributed by atoms with Gasteiger partial charge in [0.05, 0.1) is 4.91 Å². The summed E-state index contributed by atoms with van der Waals surface area (Å²) in [5, 5.41) is 11.5. The molecule has 0 spiro atoms. The maximum atomic E-state index is 12.8. The van der Waals surface area contributed by atoms with Crippen molar-refractivity contribution in [1.29, 1.82) is 0 Å². The van der Waals surface area contributed by atoms with Crippen molar-refractivity contribution in [3.8, 4) is 0 Å². The molecule has 0 atom stereocenters. The monoisotopic (exact) mass is 540 g/mol. The van der Waals surface area contributed by atoms with Crippen LogP contribution >= 0.6 is 47.1 Å². The van der Waals surface area contributed by atoms with Crippen LogP contribution in [-0.4, -0.2) is 37.8 Å². The zero-order valence-corrected chi connectivity index (χ0v) is 22.6. The van der Waals surface area contributed by atoms with Crippen LogP contribution in [0.3, 0.4) is 0 Å². The summed E-state index contributed by atoms with van der Waals surface area (Å²) in [7, 11) is 0. The minimum Gasteiger partial charge on any atom is -0.301 e. The number of nitrogens with one attached hydrogen (secondary N) is 1. The van der Waals surface area contributed by atoms with Crippen molar-refractivity contribution in [2.45, 2.75) is 36.8 Å². The number of nitrogens with zero attached hydrogens (tertiary/aromatic N) is 3. The molecule has 10 heteroatoms. The van der Waals surface area contributed by atoms with Crippen LogP contribution in [0.1, 0.15) is 35.1 Å². The first-order valence-corrected chi connectivity index (χ1v) is 14.0. The molecule has 1 N–H and O–H groups in total. The van der Waals surface area contributed by atoms with E-state index in [4.69, 9.17) is 12.2 Å². The van der Waals surface area contributed by atoms with Crippen LogP contribution in [0, 0.1) is 13.8 Å². The number of thiocarbonyl (C=S) groups is 1. The zero-order chi connectivity index (χ0) is 24.8. The third-order valence-corrected chi connectivity index (χ3v) is 8.70. The number of hydrogen-bond donors (Lipinski definition) is 1. The predicted octanol–water partition coefficient (Wildman–Crippen LogP) is 6.07. The third kappa shape index (κ3) is 7.00. The number of amides is 2. The fourth-order valence-electron chi connectivity index (χ4n) is 3.32. The van der Waals surface area contributed by atoms with Gasteiger partial charge in [0.1, 0.15) is 4.32 Å². The van der Waals surface area contributed by atoms with Gasteiger partial charge in [-0.1, -0.05) is 101 Å². The van der Waals surface area contributed by atoms with Gasteiger partial charge in [-0.15, -0.1) is 10.2 Å². The highest BCUT2D eigenvalue weighted by molar-refractivity contribution is 8.26. The van der Waals surface area contributed by atoms with E-state index in [-0.39, 0.29) is 18.2 Å². The van der Waals surface area contributed by atoms with E-state index in [1.807, 2.05) is 49.4 Å². The fourth-order valence-corrected chi connectivity index (χ4v) is 6.47. The molecule has 6 nitrogen and oxygen atoms in total. The number of thioether (sulfide) groups is 2. The lowest BCUT2D eigenvalue weighted by molar-refractivity contribution is -0.122. The van der Waals surface area contributed by atoms with Crippen molar-refractivity contribution in [1.82, 2.24) is 15.1 Å². The van der Waals surface area contributed by atoms with Crippen LogP contribution in [0.4, 0.5) is 5.13 Å². The molecule has 0 radical (unpaired) electrons. The second-order valence-electron chi connectivity index (χ2n) is 7.98. The van der Waals surface area contributed by atoms with E-state index >= 15 is 0 Å². The summed E-state index contributed by atoms with van der Waals surface area (Å²) in [5.74, 6) is 0.537. The summed E-state index contributed by atoms with van der Waals surface area (Å²) in [6.07, 6.45) is 2.62. The Morgan fingerprint density at radius 3 is 2.69 bits per heavy atom. The molecule has 0 aliphatic carbocycles. The van der Waals surface area contributed by atoms with Crippen molar-refractivity contribution in [3.63, 3.8) is 0 Å². The molecule has 0 bridgehead atoms. The first kappa shape index (κ1) is 25.6. The van der Waals surface area contributed by atoms with Crippen molar-refractivity contribution in [2.24, 2.45) is 0 Å². The lowest BCUT2D eigenvalue weighted by Crippen LogP contribution is -2.29. The second kappa shape index (κ2) is 11.9. The van der Waals surface area contributed by atoms with Gasteiger partial charge < -0.3 is 5.32 Å². The van der Waals surface area contributed by atoms with Crippen molar-refractivity contribution >= 4 is 74.4 Å². The summed E-state index contributed by atoms with van der Waals surface area (Å²) in [4.78, 5) is 27.3. The van der Waals surface area contributed by atoms with Gasteiger partial charge in [0.15, 0.2) is 4.34 Å². The number of benzene rings is 2. The molecule has 1 fully saturated rings. The molecule has 2 heterocycles. The minimum atomic E-state index is -0.155. The normalized spacial score (nSPS) is 14.7. The number of rotatable bonds is 9. The summed E-state index contributed by atoms with van der Waals surface area (Å²) >= 11 is 9.65. The number of carbonyl (C=O) groups excluding carboxylic acids is 2. The number of hydrogen-bond acceptors (Lipinski definition) is 8. The smallest absolute Gasteiger partial charge is 0.266 e.